The van der Waals surface area contributed by atoms with Crippen molar-refractivity contribution in [1.29, 1.82) is 0 Å². The van der Waals surface area contributed by atoms with Gasteiger partial charge in [0.15, 0.2) is 0 Å². The van der Waals surface area contributed by atoms with Crippen LogP contribution >= 0.6 is 0 Å². The number of hydrogen-bond acceptors (Lipinski definition) is 1. The number of aliphatic imine (C=N–C) groups is 1. The van der Waals surface area contributed by atoms with Gasteiger partial charge in [0.25, 0.3) is 0 Å². The van der Waals surface area contributed by atoms with Gasteiger partial charge in [-0.1, -0.05) is 78.4 Å². The molecule has 3 aromatic rings. The topological polar surface area (TPSA) is 12.4 Å². The third kappa shape index (κ3) is 3.01. The summed E-state index contributed by atoms with van der Waals surface area (Å²) in [7, 11) is 0. The van der Waals surface area contributed by atoms with Gasteiger partial charge in [0.2, 0.25) is 0 Å². The van der Waals surface area contributed by atoms with Crippen LogP contribution in [0.5, 0.6) is 0 Å². The second-order valence-corrected chi connectivity index (χ2v) is 7.10. The maximum atomic E-state index is 4.86. The molecule has 0 heterocycles. The molecule has 1 atom stereocenters. The van der Waals surface area contributed by atoms with Gasteiger partial charge in [-0.3, -0.25) is 4.99 Å². The highest BCUT2D eigenvalue weighted by Crippen LogP contribution is 2.36. The lowest BCUT2D eigenvalue weighted by Crippen LogP contribution is -2.00. The van der Waals surface area contributed by atoms with Crippen LogP contribution in [0.3, 0.4) is 0 Å². The lowest BCUT2D eigenvalue weighted by atomic mass is 9.90. The Bertz CT molecular complexity index is 1000. The van der Waals surface area contributed by atoms with Crippen LogP contribution < -0.4 is 0 Å². The number of rotatable bonds is 3. The molecule has 0 N–H and O–H groups in total. The summed E-state index contributed by atoms with van der Waals surface area (Å²) in [5, 5.41) is 0. The second-order valence-electron chi connectivity index (χ2n) is 7.10. The molecule has 3 aromatic carbocycles. The van der Waals surface area contributed by atoms with Crippen LogP contribution in [0.4, 0.5) is 5.69 Å². The molecule has 0 aliphatic heterocycles. The van der Waals surface area contributed by atoms with Crippen LogP contribution in [0.2, 0.25) is 0 Å². The van der Waals surface area contributed by atoms with Crippen molar-refractivity contribution < 1.29 is 0 Å². The SMILES string of the molecule is Cc1cc(C)c(/N=C/c2ccccc2C2C=Cc3ccccc32)c(C)c1. The zero-order chi connectivity index (χ0) is 18.1. The molecule has 128 valence electrons. The first-order chi connectivity index (χ1) is 12.6. The molecule has 0 amide bonds. The molecular weight excluding hydrogens is 314 g/mol. The fraction of sp³-hybridized carbons (Fsp3) is 0.160. The average molecular weight is 337 g/mol. The minimum atomic E-state index is 0.300. The van der Waals surface area contributed by atoms with E-state index in [2.05, 4.69) is 93.6 Å². The lowest BCUT2D eigenvalue weighted by Gasteiger charge is -2.14. The van der Waals surface area contributed by atoms with Crippen LogP contribution in [0.25, 0.3) is 6.08 Å². The molecule has 1 nitrogen and oxygen atoms in total. The van der Waals surface area contributed by atoms with Gasteiger partial charge >= 0.3 is 0 Å². The van der Waals surface area contributed by atoms with Crippen molar-refractivity contribution in [2.45, 2.75) is 26.7 Å². The van der Waals surface area contributed by atoms with Crippen molar-refractivity contribution in [3.8, 4) is 0 Å². The summed E-state index contributed by atoms with van der Waals surface area (Å²) in [5.74, 6) is 0.300. The van der Waals surface area contributed by atoms with E-state index in [1.165, 1.54) is 38.9 Å². The number of benzene rings is 3. The Morgan fingerprint density at radius 3 is 2.23 bits per heavy atom. The smallest absolute Gasteiger partial charge is 0.0688 e. The number of aryl methyl sites for hydroxylation is 3. The Labute approximate surface area is 155 Å². The van der Waals surface area contributed by atoms with E-state index in [4.69, 9.17) is 4.99 Å². The Hall–Kier alpha value is -2.93. The highest BCUT2D eigenvalue weighted by atomic mass is 14.7. The molecule has 0 bridgehead atoms. The third-order valence-corrected chi connectivity index (χ3v) is 5.10. The molecule has 1 unspecified atom stereocenters. The van der Waals surface area contributed by atoms with Crippen LogP contribution in [-0.2, 0) is 0 Å². The Morgan fingerprint density at radius 1 is 0.808 bits per heavy atom. The Kier molecular flexibility index (Phi) is 4.30. The molecular formula is C25H23N. The highest BCUT2D eigenvalue weighted by Gasteiger charge is 2.20. The van der Waals surface area contributed by atoms with E-state index in [0.717, 1.165) is 5.69 Å². The molecule has 0 radical (unpaired) electrons. The normalized spacial score (nSPS) is 15.6. The highest BCUT2D eigenvalue weighted by molar-refractivity contribution is 5.86. The molecule has 0 fully saturated rings. The van der Waals surface area contributed by atoms with Crippen LogP contribution in [0.15, 0.2) is 71.7 Å². The zero-order valence-electron chi connectivity index (χ0n) is 15.5. The quantitative estimate of drug-likeness (QED) is 0.482. The molecule has 1 heteroatoms. The summed E-state index contributed by atoms with van der Waals surface area (Å²) >= 11 is 0. The summed E-state index contributed by atoms with van der Waals surface area (Å²) in [6.07, 6.45) is 6.54. The molecule has 0 saturated heterocycles. The maximum absolute atomic E-state index is 4.86. The molecule has 26 heavy (non-hydrogen) atoms. The lowest BCUT2D eigenvalue weighted by molar-refractivity contribution is 1.05. The van der Waals surface area contributed by atoms with Gasteiger partial charge in [0, 0.05) is 12.1 Å². The van der Waals surface area contributed by atoms with E-state index < -0.39 is 0 Å². The van der Waals surface area contributed by atoms with E-state index in [-0.39, 0.29) is 0 Å². The van der Waals surface area contributed by atoms with Crippen molar-refractivity contribution in [3.63, 3.8) is 0 Å². The average Bonchev–Trinajstić information content (AvgIpc) is 3.05. The van der Waals surface area contributed by atoms with E-state index in [1.807, 2.05) is 6.21 Å². The number of hydrogen-bond donors (Lipinski definition) is 0. The summed E-state index contributed by atoms with van der Waals surface area (Å²) in [6, 6.07) is 21.6. The van der Waals surface area contributed by atoms with Crippen LogP contribution in [0.1, 0.15) is 44.9 Å². The summed E-state index contributed by atoms with van der Waals surface area (Å²) < 4.78 is 0. The maximum Gasteiger partial charge on any atom is 0.0688 e. The first-order valence-corrected chi connectivity index (χ1v) is 9.11. The van der Waals surface area contributed by atoms with Crippen molar-refractivity contribution in [2.75, 3.05) is 0 Å². The van der Waals surface area contributed by atoms with Crippen molar-refractivity contribution in [3.05, 3.63) is 106 Å². The number of fused-ring (bicyclic) bond motifs is 1. The van der Waals surface area contributed by atoms with Crippen molar-refractivity contribution in [2.24, 2.45) is 4.99 Å². The van der Waals surface area contributed by atoms with Gasteiger partial charge < -0.3 is 0 Å². The molecule has 1 aliphatic rings. The number of allylic oxidation sites excluding steroid dienone is 1. The van der Waals surface area contributed by atoms with Gasteiger partial charge in [0.1, 0.15) is 0 Å². The van der Waals surface area contributed by atoms with E-state index >= 15 is 0 Å². The van der Waals surface area contributed by atoms with Crippen LogP contribution in [0, 0.1) is 20.8 Å². The summed E-state index contributed by atoms with van der Waals surface area (Å²) in [4.78, 5) is 4.86. The summed E-state index contributed by atoms with van der Waals surface area (Å²) in [6.45, 7) is 6.40. The third-order valence-electron chi connectivity index (χ3n) is 5.10. The first kappa shape index (κ1) is 16.5. The van der Waals surface area contributed by atoms with Crippen molar-refractivity contribution >= 4 is 18.0 Å². The van der Waals surface area contributed by atoms with E-state index in [1.54, 1.807) is 0 Å². The standard InChI is InChI=1S/C25H23N/c1-17-14-18(2)25(19(3)15-17)26-16-21-9-5-7-11-23(21)24-13-12-20-8-4-6-10-22(20)24/h4-16,24H,1-3H3/b26-16+. The van der Waals surface area contributed by atoms with Gasteiger partial charge in [-0.2, -0.15) is 0 Å². The van der Waals surface area contributed by atoms with Crippen LogP contribution in [-0.4, -0.2) is 6.21 Å². The second kappa shape index (κ2) is 6.76. The fourth-order valence-electron chi connectivity index (χ4n) is 3.94. The molecule has 0 spiro atoms. The van der Waals surface area contributed by atoms with Gasteiger partial charge in [-0.25, -0.2) is 0 Å². The molecule has 0 saturated carbocycles. The fourth-order valence-corrected chi connectivity index (χ4v) is 3.94. The zero-order valence-corrected chi connectivity index (χ0v) is 15.5. The van der Waals surface area contributed by atoms with Gasteiger partial charge in [0.05, 0.1) is 5.69 Å². The minimum Gasteiger partial charge on any atom is -0.256 e. The van der Waals surface area contributed by atoms with Gasteiger partial charge in [-0.15, -0.1) is 0 Å². The van der Waals surface area contributed by atoms with E-state index in [0.29, 0.717) is 5.92 Å². The van der Waals surface area contributed by atoms with E-state index in [9.17, 15) is 0 Å². The molecule has 1 aliphatic carbocycles. The minimum absolute atomic E-state index is 0.300. The monoisotopic (exact) mass is 337 g/mol. The molecule has 4 rings (SSSR count). The van der Waals surface area contributed by atoms with Crippen molar-refractivity contribution in [1.82, 2.24) is 0 Å². The predicted molar refractivity (Wildman–Crippen MR) is 112 cm³/mol. The Balaban J connectivity index is 1.73. The largest absolute Gasteiger partial charge is 0.256 e. The molecule has 0 aromatic heterocycles. The predicted octanol–water partition coefficient (Wildman–Crippen LogP) is 6.52. The summed E-state index contributed by atoms with van der Waals surface area (Å²) in [5.41, 5.74) is 9.98. The first-order valence-electron chi connectivity index (χ1n) is 9.11. The van der Waals surface area contributed by atoms with Gasteiger partial charge in [-0.05, 0) is 54.2 Å². The Morgan fingerprint density at radius 2 is 1.46 bits per heavy atom. The number of nitrogens with zero attached hydrogens (tertiary/aromatic N) is 1.